The molecule has 1 fully saturated rings. The average Bonchev–Trinajstić information content (AvgIpc) is 2.40. The average molecular weight is 311 g/mol. The first kappa shape index (κ1) is 15.9. The fraction of sp³-hybridized carbons (Fsp3) is 0.500. The molecule has 0 bridgehead atoms. The topological polar surface area (TPSA) is 78.5 Å². The maximum atomic E-state index is 12.8. The van der Waals surface area contributed by atoms with Crippen LogP contribution in [0.3, 0.4) is 0 Å². The van der Waals surface area contributed by atoms with Crippen molar-refractivity contribution < 1.29 is 13.2 Å². The first-order valence-corrected chi connectivity index (χ1v) is 8.36. The molecule has 0 saturated carbocycles. The Morgan fingerprint density at radius 3 is 2.76 bits per heavy atom. The predicted octanol–water partition coefficient (Wildman–Crippen LogP) is 0.936. The minimum Gasteiger partial charge on any atom is -0.326 e. The normalized spacial score (nSPS) is 20.2. The zero-order valence-electron chi connectivity index (χ0n) is 12.5. The first-order chi connectivity index (χ1) is 9.80. The molecule has 7 heteroatoms. The van der Waals surface area contributed by atoms with Crippen molar-refractivity contribution in [3.05, 3.63) is 23.8 Å². The molecular weight excluding hydrogens is 290 g/mol. The zero-order chi connectivity index (χ0) is 15.6. The van der Waals surface area contributed by atoms with Gasteiger partial charge in [-0.05, 0) is 31.5 Å². The van der Waals surface area contributed by atoms with E-state index in [1.807, 2.05) is 6.92 Å². The van der Waals surface area contributed by atoms with Gasteiger partial charge in [0, 0.05) is 38.3 Å². The minimum absolute atomic E-state index is 0.132. The second-order valence-corrected chi connectivity index (χ2v) is 7.29. The van der Waals surface area contributed by atoms with Crippen molar-refractivity contribution >= 4 is 21.6 Å². The summed E-state index contributed by atoms with van der Waals surface area (Å²) in [5, 5.41) is 5.85. The van der Waals surface area contributed by atoms with E-state index >= 15 is 0 Å². The molecule has 2 N–H and O–H groups in total. The Morgan fingerprint density at radius 2 is 2.14 bits per heavy atom. The lowest BCUT2D eigenvalue weighted by Gasteiger charge is -2.31. The van der Waals surface area contributed by atoms with Crippen molar-refractivity contribution in [1.29, 1.82) is 0 Å². The lowest BCUT2D eigenvalue weighted by atomic mass is 10.2. The summed E-state index contributed by atoms with van der Waals surface area (Å²) < 4.78 is 27.0. The second-order valence-electron chi connectivity index (χ2n) is 5.38. The molecule has 1 atom stereocenters. The van der Waals surface area contributed by atoms with Crippen LogP contribution in [0.15, 0.2) is 23.1 Å². The highest BCUT2D eigenvalue weighted by atomic mass is 32.2. The van der Waals surface area contributed by atoms with E-state index in [9.17, 15) is 13.2 Å². The molecule has 1 amide bonds. The smallest absolute Gasteiger partial charge is 0.243 e. The first-order valence-electron chi connectivity index (χ1n) is 6.92. The Hall–Kier alpha value is -1.44. The van der Waals surface area contributed by atoms with Gasteiger partial charge >= 0.3 is 0 Å². The van der Waals surface area contributed by atoms with Crippen molar-refractivity contribution in [2.75, 3.05) is 25.0 Å². The number of aryl methyl sites for hydroxylation is 1. The summed E-state index contributed by atoms with van der Waals surface area (Å²) in [6.07, 6.45) is 0. The minimum atomic E-state index is -3.54. The number of anilines is 1. The Labute approximate surface area is 125 Å². The van der Waals surface area contributed by atoms with Gasteiger partial charge in [0.15, 0.2) is 0 Å². The SMILES string of the molecule is CC(=O)Nc1ccc(C)c(S(=O)(=O)N2CCNC(C)C2)c1. The van der Waals surface area contributed by atoms with Crippen LogP contribution < -0.4 is 10.6 Å². The van der Waals surface area contributed by atoms with Crippen molar-refractivity contribution in [3.8, 4) is 0 Å². The second kappa shape index (κ2) is 6.13. The van der Waals surface area contributed by atoms with Crippen molar-refractivity contribution in [2.24, 2.45) is 0 Å². The van der Waals surface area contributed by atoms with Crippen molar-refractivity contribution in [1.82, 2.24) is 9.62 Å². The summed E-state index contributed by atoms with van der Waals surface area (Å²) in [6, 6.07) is 5.07. The zero-order valence-corrected chi connectivity index (χ0v) is 13.3. The lowest BCUT2D eigenvalue weighted by molar-refractivity contribution is -0.114. The molecule has 1 heterocycles. The summed E-state index contributed by atoms with van der Waals surface area (Å²) in [6.45, 7) is 6.66. The Balaban J connectivity index is 2.36. The van der Waals surface area contributed by atoms with Crippen LogP contribution >= 0.6 is 0 Å². The molecule has 0 radical (unpaired) electrons. The van der Waals surface area contributed by atoms with Crippen molar-refractivity contribution in [2.45, 2.75) is 31.7 Å². The van der Waals surface area contributed by atoms with Gasteiger partial charge in [-0.1, -0.05) is 6.07 Å². The maximum absolute atomic E-state index is 12.8. The van der Waals surface area contributed by atoms with Gasteiger partial charge in [0.2, 0.25) is 15.9 Å². The molecule has 21 heavy (non-hydrogen) atoms. The fourth-order valence-corrected chi connectivity index (χ4v) is 4.19. The van der Waals surface area contributed by atoms with E-state index in [1.165, 1.54) is 17.3 Å². The summed E-state index contributed by atoms with van der Waals surface area (Å²) >= 11 is 0. The highest BCUT2D eigenvalue weighted by molar-refractivity contribution is 7.89. The van der Waals surface area contributed by atoms with Crippen LogP contribution in [-0.2, 0) is 14.8 Å². The van der Waals surface area contributed by atoms with Crippen LogP contribution in [0.25, 0.3) is 0 Å². The number of benzene rings is 1. The summed E-state index contributed by atoms with van der Waals surface area (Å²) in [5.74, 6) is -0.224. The monoisotopic (exact) mass is 311 g/mol. The number of hydrogen-bond acceptors (Lipinski definition) is 4. The van der Waals surface area contributed by atoms with Crippen LogP contribution in [0.2, 0.25) is 0 Å². The number of hydrogen-bond donors (Lipinski definition) is 2. The molecule has 2 rings (SSSR count). The van der Waals surface area contributed by atoms with Gasteiger partial charge in [-0.2, -0.15) is 4.31 Å². The standard InChI is InChI=1S/C14H21N3O3S/c1-10-4-5-13(16-12(3)18)8-14(10)21(19,20)17-7-6-15-11(2)9-17/h4-5,8,11,15H,6-7,9H2,1-3H3,(H,16,18). The van der Waals surface area contributed by atoms with E-state index in [1.54, 1.807) is 19.1 Å². The highest BCUT2D eigenvalue weighted by Crippen LogP contribution is 2.24. The molecule has 1 aromatic carbocycles. The number of nitrogens with one attached hydrogen (secondary N) is 2. The third-order valence-corrected chi connectivity index (χ3v) is 5.46. The molecule has 6 nitrogen and oxygen atoms in total. The van der Waals surface area contributed by atoms with Gasteiger partial charge in [-0.3, -0.25) is 4.79 Å². The molecule has 0 aliphatic carbocycles. The predicted molar refractivity (Wildman–Crippen MR) is 81.7 cm³/mol. The third kappa shape index (κ3) is 3.61. The molecule has 1 unspecified atom stereocenters. The Bertz CT molecular complexity index is 643. The van der Waals surface area contributed by atoms with E-state index in [-0.39, 0.29) is 16.8 Å². The number of rotatable bonds is 3. The highest BCUT2D eigenvalue weighted by Gasteiger charge is 2.29. The molecule has 1 aromatic rings. The molecule has 0 spiro atoms. The van der Waals surface area contributed by atoms with E-state index in [0.29, 0.717) is 30.9 Å². The third-order valence-electron chi connectivity index (χ3n) is 3.46. The largest absolute Gasteiger partial charge is 0.326 e. The molecule has 1 aliphatic rings. The fourth-order valence-electron chi connectivity index (χ4n) is 2.41. The number of carbonyl (C=O) groups is 1. The molecule has 116 valence electrons. The quantitative estimate of drug-likeness (QED) is 0.870. The summed E-state index contributed by atoms with van der Waals surface area (Å²) in [4.78, 5) is 11.4. The molecule has 1 aliphatic heterocycles. The number of carbonyl (C=O) groups excluding carboxylic acids is 1. The van der Waals surface area contributed by atoms with Crippen LogP contribution in [0, 0.1) is 6.92 Å². The van der Waals surface area contributed by atoms with Gasteiger partial charge in [-0.25, -0.2) is 8.42 Å². The molecular formula is C14H21N3O3S. The van der Waals surface area contributed by atoms with Crippen molar-refractivity contribution in [3.63, 3.8) is 0 Å². The van der Waals surface area contributed by atoms with Crippen LogP contribution in [-0.4, -0.2) is 44.3 Å². The Morgan fingerprint density at radius 1 is 1.43 bits per heavy atom. The van der Waals surface area contributed by atoms with E-state index in [0.717, 1.165) is 0 Å². The molecule has 0 aromatic heterocycles. The number of amides is 1. The lowest BCUT2D eigenvalue weighted by Crippen LogP contribution is -2.51. The molecule has 1 saturated heterocycles. The van der Waals surface area contributed by atoms with Crippen LogP contribution in [0.1, 0.15) is 19.4 Å². The number of piperazine rings is 1. The maximum Gasteiger partial charge on any atom is 0.243 e. The van der Waals surface area contributed by atoms with Gasteiger partial charge in [0.1, 0.15) is 0 Å². The van der Waals surface area contributed by atoms with Crippen LogP contribution in [0.4, 0.5) is 5.69 Å². The van der Waals surface area contributed by atoms with Gasteiger partial charge < -0.3 is 10.6 Å². The summed E-state index contributed by atoms with van der Waals surface area (Å²) in [5.41, 5.74) is 1.17. The van der Waals surface area contributed by atoms with Gasteiger partial charge in [0.05, 0.1) is 4.90 Å². The van der Waals surface area contributed by atoms with E-state index < -0.39 is 10.0 Å². The van der Waals surface area contributed by atoms with Gasteiger partial charge in [0.25, 0.3) is 0 Å². The van der Waals surface area contributed by atoms with E-state index in [2.05, 4.69) is 10.6 Å². The Kier molecular flexibility index (Phi) is 4.65. The summed E-state index contributed by atoms with van der Waals surface area (Å²) in [7, 11) is -3.54. The number of nitrogens with zero attached hydrogens (tertiary/aromatic N) is 1. The van der Waals surface area contributed by atoms with Gasteiger partial charge in [-0.15, -0.1) is 0 Å². The van der Waals surface area contributed by atoms with Crippen LogP contribution in [0.5, 0.6) is 0 Å². The number of sulfonamides is 1. The van der Waals surface area contributed by atoms with E-state index in [4.69, 9.17) is 0 Å².